The molecule has 3 fully saturated rings. The third-order valence-corrected chi connectivity index (χ3v) is 8.45. The molecule has 3 atom stereocenters. The van der Waals surface area contributed by atoms with Gasteiger partial charge in [0.15, 0.2) is 5.65 Å². The van der Waals surface area contributed by atoms with Gasteiger partial charge in [-0.1, -0.05) is 37.3 Å². The molecule has 3 saturated heterocycles. The Kier molecular flexibility index (Phi) is 5.32. The van der Waals surface area contributed by atoms with Crippen molar-refractivity contribution in [2.24, 2.45) is 0 Å². The lowest BCUT2D eigenvalue weighted by Crippen LogP contribution is -2.48. The van der Waals surface area contributed by atoms with Crippen LogP contribution in [0.15, 0.2) is 42.6 Å². The number of pyridine rings is 1. The standard InChI is InChI=1S/C27H33FN6O/c1-19-13-22(32-12-10-26(2,18-32)20-7-4-3-5-8-20)16-34-24(19)30-23(31-34)25(35)29-17-27-9-6-11-33(27)15-21(28)14-27/h3-5,7-8,13,16,21H,6,9-12,14-15,17-18H2,1-2H3,(H,29,35)/t21?,26-,27?/m0/s1. The van der Waals surface area contributed by atoms with E-state index in [4.69, 9.17) is 0 Å². The second kappa shape index (κ2) is 8.29. The van der Waals surface area contributed by atoms with Crippen molar-refractivity contribution in [3.8, 4) is 0 Å². The lowest BCUT2D eigenvalue weighted by molar-refractivity contribution is 0.0909. The minimum absolute atomic E-state index is 0.101. The van der Waals surface area contributed by atoms with E-state index in [1.807, 2.05) is 13.1 Å². The Morgan fingerprint density at radius 1 is 1.23 bits per heavy atom. The molecule has 1 N–H and O–H groups in total. The van der Waals surface area contributed by atoms with Gasteiger partial charge in [-0.25, -0.2) is 13.9 Å². The van der Waals surface area contributed by atoms with Crippen LogP contribution in [0.1, 0.15) is 54.4 Å². The highest BCUT2D eigenvalue weighted by Crippen LogP contribution is 2.40. The second-order valence-electron chi connectivity index (χ2n) is 10.9. The SMILES string of the molecule is Cc1cc(N2CC[C@](C)(c3ccccc3)C2)cn2nc(C(=O)NCC34CCCN3CC(F)C4)nc12. The van der Waals surface area contributed by atoms with Gasteiger partial charge in [0.2, 0.25) is 5.82 Å². The fourth-order valence-corrected chi connectivity index (χ4v) is 6.48. The van der Waals surface area contributed by atoms with E-state index in [0.717, 1.165) is 50.1 Å². The lowest BCUT2D eigenvalue weighted by Gasteiger charge is -2.31. The highest BCUT2D eigenvalue weighted by Gasteiger charge is 2.48. The molecular weight excluding hydrogens is 443 g/mol. The number of nitrogens with one attached hydrogen (secondary N) is 1. The number of aromatic nitrogens is 3. The fourth-order valence-electron chi connectivity index (χ4n) is 6.48. The molecule has 2 aromatic heterocycles. The molecule has 3 aliphatic rings. The molecule has 184 valence electrons. The minimum Gasteiger partial charge on any atom is -0.369 e. The molecule has 8 heteroatoms. The number of anilines is 1. The van der Waals surface area contributed by atoms with Gasteiger partial charge >= 0.3 is 0 Å². The number of hydrogen-bond donors (Lipinski definition) is 1. The van der Waals surface area contributed by atoms with E-state index in [1.165, 1.54) is 5.56 Å². The summed E-state index contributed by atoms with van der Waals surface area (Å²) in [5.41, 5.74) is 3.98. The molecule has 0 saturated carbocycles. The van der Waals surface area contributed by atoms with Crippen LogP contribution in [-0.2, 0) is 5.41 Å². The van der Waals surface area contributed by atoms with E-state index in [0.29, 0.717) is 25.2 Å². The number of hydrogen-bond acceptors (Lipinski definition) is 5. The Morgan fingerprint density at radius 2 is 2.06 bits per heavy atom. The van der Waals surface area contributed by atoms with Gasteiger partial charge in [0, 0.05) is 37.1 Å². The summed E-state index contributed by atoms with van der Waals surface area (Å²) in [4.78, 5) is 22.1. The van der Waals surface area contributed by atoms with E-state index in [2.05, 4.69) is 68.5 Å². The van der Waals surface area contributed by atoms with Gasteiger partial charge in [0.1, 0.15) is 6.17 Å². The summed E-state index contributed by atoms with van der Waals surface area (Å²) in [6.45, 7) is 8.06. The molecule has 0 aliphatic carbocycles. The largest absolute Gasteiger partial charge is 0.369 e. The first-order chi connectivity index (χ1) is 16.9. The Hall–Kier alpha value is -3.00. The predicted octanol–water partition coefficient (Wildman–Crippen LogP) is 3.51. The van der Waals surface area contributed by atoms with Crippen LogP contribution >= 0.6 is 0 Å². The van der Waals surface area contributed by atoms with Crippen LogP contribution in [0.25, 0.3) is 5.65 Å². The number of fused-ring (bicyclic) bond motifs is 2. The number of carbonyl (C=O) groups excluding carboxylic acids is 1. The number of benzene rings is 1. The van der Waals surface area contributed by atoms with Crippen molar-refractivity contribution in [2.45, 2.75) is 56.7 Å². The van der Waals surface area contributed by atoms with Crippen LogP contribution in [-0.4, -0.2) is 69.8 Å². The summed E-state index contributed by atoms with van der Waals surface area (Å²) in [5.74, 6) is -0.132. The van der Waals surface area contributed by atoms with Crippen LogP contribution in [0.2, 0.25) is 0 Å². The number of carbonyl (C=O) groups is 1. The Bertz CT molecular complexity index is 1260. The van der Waals surface area contributed by atoms with Crippen molar-refractivity contribution in [3.05, 3.63) is 59.5 Å². The quantitative estimate of drug-likeness (QED) is 0.611. The van der Waals surface area contributed by atoms with Crippen molar-refractivity contribution in [1.82, 2.24) is 24.8 Å². The molecule has 6 rings (SSSR count). The van der Waals surface area contributed by atoms with Crippen LogP contribution in [0, 0.1) is 6.92 Å². The lowest BCUT2D eigenvalue weighted by atomic mass is 9.82. The molecule has 0 radical (unpaired) electrons. The molecule has 5 heterocycles. The third kappa shape index (κ3) is 3.88. The number of nitrogens with zero attached hydrogens (tertiary/aromatic N) is 5. The van der Waals surface area contributed by atoms with E-state index < -0.39 is 6.17 Å². The van der Waals surface area contributed by atoms with Gasteiger partial charge in [-0.05, 0) is 56.3 Å². The van der Waals surface area contributed by atoms with Crippen molar-refractivity contribution >= 4 is 17.2 Å². The molecule has 0 spiro atoms. The maximum atomic E-state index is 14.0. The van der Waals surface area contributed by atoms with E-state index in [1.54, 1.807) is 4.52 Å². The molecule has 0 bridgehead atoms. The van der Waals surface area contributed by atoms with Crippen LogP contribution in [0.5, 0.6) is 0 Å². The molecule has 7 nitrogen and oxygen atoms in total. The van der Waals surface area contributed by atoms with E-state index >= 15 is 0 Å². The molecule has 1 amide bonds. The van der Waals surface area contributed by atoms with Gasteiger partial charge in [-0.3, -0.25) is 9.69 Å². The highest BCUT2D eigenvalue weighted by atomic mass is 19.1. The maximum absolute atomic E-state index is 14.0. The number of alkyl halides is 1. The van der Waals surface area contributed by atoms with Crippen LogP contribution in [0.3, 0.4) is 0 Å². The highest BCUT2D eigenvalue weighted by molar-refractivity contribution is 5.91. The summed E-state index contributed by atoms with van der Waals surface area (Å²) < 4.78 is 15.8. The van der Waals surface area contributed by atoms with E-state index in [9.17, 15) is 9.18 Å². The summed E-state index contributed by atoms with van der Waals surface area (Å²) in [5, 5.41) is 7.53. The first kappa shape index (κ1) is 22.5. The van der Waals surface area contributed by atoms with Gasteiger partial charge < -0.3 is 10.2 Å². The normalized spacial score (nSPS) is 28.7. The number of rotatable bonds is 5. The Balaban J connectivity index is 1.19. The molecule has 35 heavy (non-hydrogen) atoms. The molecule has 2 unspecified atom stereocenters. The van der Waals surface area contributed by atoms with Crippen LogP contribution < -0.4 is 10.2 Å². The smallest absolute Gasteiger partial charge is 0.291 e. The molecular formula is C27H33FN6O. The zero-order valence-corrected chi connectivity index (χ0v) is 20.5. The van der Waals surface area contributed by atoms with Crippen molar-refractivity contribution < 1.29 is 9.18 Å². The Morgan fingerprint density at radius 3 is 2.89 bits per heavy atom. The van der Waals surface area contributed by atoms with Gasteiger partial charge in [0.25, 0.3) is 5.91 Å². The predicted molar refractivity (Wildman–Crippen MR) is 134 cm³/mol. The zero-order valence-electron chi connectivity index (χ0n) is 20.5. The average molecular weight is 477 g/mol. The van der Waals surface area contributed by atoms with Crippen molar-refractivity contribution in [1.29, 1.82) is 0 Å². The number of aryl methyl sites for hydroxylation is 1. The van der Waals surface area contributed by atoms with Crippen molar-refractivity contribution in [2.75, 3.05) is 37.6 Å². The van der Waals surface area contributed by atoms with E-state index in [-0.39, 0.29) is 22.7 Å². The molecule has 3 aliphatic heterocycles. The second-order valence-corrected chi connectivity index (χ2v) is 10.9. The summed E-state index contributed by atoms with van der Waals surface area (Å²) in [6, 6.07) is 12.8. The number of halogens is 1. The number of amides is 1. The summed E-state index contributed by atoms with van der Waals surface area (Å²) in [6.07, 6.45) is 4.72. The fraction of sp³-hybridized carbons (Fsp3) is 0.519. The van der Waals surface area contributed by atoms with Gasteiger partial charge in [-0.2, -0.15) is 0 Å². The molecule has 1 aromatic carbocycles. The van der Waals surface area contributed by atoms with Gasteiger partial charge in [0.05, 0.1) is 11.9 Å². The maximum Gasteiger partial charge on any atom is 0.291 e. The minimum atomic E-state index is -0.809. The van der Waals surface area contributed by atoms with Crippen molar-refractivity contribution in [3.63, 3.8) is 0 Å². The molecule has 3 aromatic rings. The first-order valence-corrected chi connectivity index (χ1v) is 12.7. The Labute approximate surface area is 205 Å². The average Bonchev–Trinajstić information content (AvgIpc) is 3.60. The van der Waals surface area contributed by atoms with Gasteiger partial charge in [-0.15, -0.1) is 5.10 Å². The first-order valence-electron chi connectivity index (χ1n) is 12.7. The third-order valence-electron chi connectivity index (χ3n) is 8.45. The monoisotopic (exact) mass is 476 g/mol. The zero-order chi connectivity index (χ0) is 24.2. The van der Waals surface area contributed by atoms with Crippen LogP contribution in [0.4, 0.5) is 10.1 Å². The summed E-state index contributed by atoms with van der Waals surface area (Å²) >= 11 is 0. The topological polar surface area (TPSA) is 65.8 Å². The summed E-state index contributed by atoms with van der Waals surface area (Å²) in [7, 11) is 0.